The molecule has 23 heavy (non-hydrogen) atoms. The van der Waals surface area contributed by atoms with E-state index in [0.29, 0.717) is 16.4 Å². The molecule has 2 rings (SSSR count). The molecule has 6 heteroatoms. The Labute approximate surface area is 139 Å². The highest BCUT2D eigenvalue weighted by atomic mass is 32.2. The van der Waals surface area contributed by atoms with E-state index in [1.165, 1.54) is 17.8 Å². The number of aryl methyl sites for hydroxylation is 3. The number of hydrogen-bond acceptors (Lipinski definition) is 4. The zero-order valence-corrected chi connectivity index (χ0v) is 14.7. The molecular formula is C17H20FN3OS. The number of thioether (sulfide) groups is 1. The molecule has 4 nitrogen and oxygen atoms in total. The van der Waals surface area contributed by atoms with Crippen LogP contribution in [0.3, 0.4) is 0 Å². The Morgan fingerprint density at radius 3 is 2.35 bits per heavy atom. The number of hydrogen-bond donors (Lipinski definition) is 1. The first-order valence-corrected chi connectivity index (χ1v) is 8.21. The third-order valence-electron chi connectivity index (χ3n) is 3.70. The van der Waals surface area contributed by atoms with Gasteiger partial charge in [-0.15, -0.1) is 0 Å². The highest BCUT2D eigenvalue weighted by molar-refractivity contribution is 8.00. The number of aromatic nitrogens is 2. The van der Waals surface area contributed by atoms with Gasteiger partial charge in [-0.1, -0.05) is 17.8 Å². The lowest BCUT2D eigenvalue weighted by molar-refractivity contribution is -0.115. The van der Waals surface area contributed by atoms with Gasteiger partial charge in [0.1, 0.15) is 5.82 Å². The van der Waals surface area contributed by atoms with Crippen molar-refractivity contribution in [2.24, 2.45) is 0 Å². The molecule has 0 aliphatic rings. The van der Waals surface area contributed by atoms with E-state index >= 15 is 0 Å². The number of nitrogens with zero attached hydrogens (tertiary/aromatic N) is 2. The monoisotopic (exact) mass is 333 g/mol. The number of anilines is 1. The third kappa shape index (κ3) is 4.28. The molecular weight excluding hydrogens is 313 g/mol. The van der Waals surface area contributed by atoms with Crippen LogP contribution in [0.5, 0.6) is 0 Å². The van der Waals surface area contributed by atoms with Crippen molar-refractivity contribution in [1.29, 1.82) is 0 Å². The Morgan fingerprint density at radius 2 is 1.78 bits per heavy atom. The maximum atomic E-state index is 13.5. The highest BCUT2D eigenvalue weighted by Crippen LogP contribution is 2.23. The Hall–Kier alpha value is -1.95. The van der Waals surface area contributed by atoms with Crippen molar-refractivity contribution in [2.45, 2.75) is 45.0 Å². The van der Waals surface area contributed by atoms with E-state index in [1.807, 2.05) is 20.8 Å². The average molecular weight is 333 g/mol. The van der Waals surface area contributed by atoms with E-state index in [-0.39, 0.29) is 17.0 Å². The molecule has 0 bridgehead atoms. The molecule has 1 heterocycles. The standard InChI is InChI=1S/C17H20FN3OS/c1-9-6-7-14(8-15(9)18)21-16(22)13(5)23-17-19-11(3)10(2)12(4)20-17/h6-8,13H,1-5H3,(H,21,22)/t13-/m0/s1. The van der Waals surface area contributed by atoms with Gasteiger partial charge in [-0.2, -0.15) is 0 Å². The minimum atomic E-state index is -0.388. The molecule has 1 atom stereocenters. The van der Waals surface area contributed by atoms with E-state index in [0.717, 1.165) is 17.0 Å². The number of carbonyl (C=O) groups is 1. The topological polar surface area (TPSA) is 54.9 Å². The van der Waals surface area contributed by atoms with Gasteiger partial charge in [-0.05, 0) is 57.9 Å². The largest absolute Gasteiger partial charge is 0.325 e. The zero-order chi connectivity index (χ0) is 17.1. The lowest BCUT2D eigenvalue weighted by Gasteiger charge is -2.13. The van der Waals surface area contributed by atoms with E-state index in [9.17, 15) is 9.18 Å². The Balaban J connectivity index is 2.06. The van der Waals surface area contributed by atoms with Crippen molar-refractivity contribution in [3.05, 3.63) is 46.5 Å². The van der Waals surface area contributed by atoms with Crippen LogP contribution in [0, 0.1) is 33.5 Å². The summed E-state index contributed by atoms with van der Waals surface area (Å²) in [4.78, 5) is 21.0. The molecule has 0 unspecified atom stereocenters. The van der Waals surface area contributed by atoms with Crippen LogP contribution in [0.15, 0.2) is 23.4 Å². The van der Waals surface area contributed by atoms with Crippen LogP contribution in [0.25, 0.3) is 0 Å². The summed E-state index contributed by atoms with van der Waals surface area (Å²) in [6.07, 6.45) is 0. The van der Waals surface area contributed by atoms with Crippen molar-refractivity contribution in [2.75, 3.05) is 5.32 Å². The van der Waals surface area contributed by atoms with Crippen molar-refractivity contribution >= 4 is 23.4 Å². The molecule has 0 fully saturated rings. The van der Waals surface area contributed by atoms with E-state index in [1.54, 1.807) is 26.0 Å². The second-order valence-corrected chi connectivity index (χ2v) is 6.82. The summed E-state index contributed by atoms with van der Waals surface area (Å²) in [6, 6.07) is 4.64. The summed E-state index contributed by atoms with van der Waals surface area (Å²) in [5.41, 5.74) is 3.87. The van der Waals surface area contributed by atoms with E-state index in [4.69, 9.17) is 0 Å². The first-order chi connectivity index (χ1) is 10.8. The number of halogens is 1. The lowest BCUT2D eigenvalue weighted by atomic mass is 10.2. The fourth-order valence-corrected chi connectivity index (χ4v) is 2.78. The van der Waals surface area contributed by atoms with Gasteiger partial charge in [0.25, 0.3) is 0 Å². The highest BCUT2D eigenvalue weighted by Gasteiger charge is 2.17. The first kappa shape index (κ1) is 17.4. The second kappa shape index (κ2) is 7.08. The van der Waals surface area contributed by atoms with Gasteiger partial charge >= 0.3 is 0 Å². The Bertz CT molecular complexity index is 726. The Kier molecular flexibility index (Phi) is 5.36. The van der Waals surface area contributed by atoms with E-state index < -0.39 is 0 Å². The van der Waals surface area contributed by atoms with Crippen LogP contribution in [0.4, 0.5) is 10.1 Å². The van der Waals surface area contributed by atoms with Gasteiger partial charge in [0, 0.05) is 17.1 Å². The van der Waals surface area contributed by atoms with Crippen molar-refractivity contribution in [3.8, 4) is 0 Å². The van der Waals surface area contributed by atoms with Crippen LogP contribution >= 0.6 is 11.8 Å². The summed E-state index contributed by atoms with van der Waals surface area (Å²) >= 11 is 1.29. The van der Waals surface area contributed by atoms with Gasteiger partial charge in [-0.3, -0.25) is 4.79 Å². The lowest BCUT2D eigenvalue weighted by Crippen LogP contribution is -2.23. The van der Waals surface area contributed by atoms with Crippen LogP contribution in [0.1, 0.15) is 29.4 Å². The number of carbonyl (C=O) groups excluding carboxylic acids is 1. The summed E-state index contributed by atoms with van der Waals surface area (Å²) in [5.74, 6) is -0.547. The quantitative estimate of drug-likeness (QED) is 0.679. The molecule has 0 saturated heterocycles. The molecule has 1 amide bonds. The van der Waals surface area contributed by atoms with Gasteiger partial charge < -0.3 is 5.32 Å². The average Bonchev–Trinajstić information content (AvgIpc) is 2.48. The maximum absolute atomic E-state index is 13.5. The predicted molar refractivity (Wildman–Crippen MR) is 91.3 cm³/mol. The van der Waals surface area contributed by atoms with Gasteiger partial charge in [0.15, 0.2) is 5.16 Å². The molecule has 1 aromatic heterocycles. The normalized spacial score (nSPS) is 12.1. The van der Waals surface area contributed by atoms with E-state index in [2.05, 4.69) is 15.3 Å². The van der Waals surface area contributed by atoms with Gasteiger partial charge in [-0.25, -0.2) is 14.4 Å². The molecule has 0 aliphatic heterocycles. The number of benzene rings is 1. The predicted octanol–water partition coefficient (Wildman–Crippen LogP) is 3.97. The van der Waals surface area contributed by atoms with Gasteiger partial charge in [0.05, 0.1) is 5.25 Å². The second-order valence-electron chi connectivity index (χ2n) is 5.52. The number of amides is 1. The summed E-state index contributed by atoms with van der Waals surface area (Å²) in [6.45, 7) is 9.28. The van der Waals surface area contributed by atoms with Crippen LogP contribution in [-0.2, 0) is 4.79 Å². The molecule has 1 N–H and O–H groups in total. The molecule has 0 saturated carbocycles. The number of rotatable bonds is 4. The van der Waals surface area contributed by atoms with Crippen molar-refractivity contribution in [1.82, 2.24) is 9.97 Å². The van der Waals surface area contributed by atoms with Crippen LogP contribution in [-0.4, -0.2) is 21.1 Å². The fraction of sp³-hybridized carbons (Fsp3) is 0.353. The van der Waals surface area contributed by atoms with Gasteiger partial charge in [0.2, 0.25) is 5.91 Å². The molecule has 1 aromatic carbocycles. The molecule has 0 spiro atoms. The Morgan fingerprint density at radius 1 is 1.17 bits per heavy atom. The summed E-state index contributed by atoms with van der Waals surface area (Å²) < 4.78 is 13.5. The minimum Gasteiger partial charge on any atom is -0.325 e. The fourth-order valence-electron chi connectivity index (χ4n) is 1.92. The maximum Gasteiger partial charge on any atom is 0.237 e. The minimum absolute atomic E-state index is 0.210. The van der Waals surface area contributed by atoms with Crippen molar-refractivity contribution in [3.63, 3.8) is 0 Å². The smallest absolute Gasteiger partial charge is 0.237 e. The van der Waals surface area contributed by atoms with Crippen LogP contribution < -0.4 is 5.32 Å². The summed E-state index contributed by atoms with van der Waals surface area (Å²) in [5, 5.41) is 2.90. The molecule has 122 valence electrons. The molecule has 0 aliphatic carbocycles. The molecule has 2 aromatic rings. The summed E-state index contributed by atoms with van der Waals surface area (Å²) in [7, 11) is 0. The number of nitrogens with one attached hydrogen (secondary N) is 1. The zero-order valence-electron chi connectivity index (χ0n) is 13.9. The van der Waals surface area contributed by atoms with Crippen LogP contribution in [0.2, 0.25) is 0 Å². The van der Waals surface area contributed by atoms with Crippen molar-refractivity contribution < 1.29 is 9.18 Å². The molecule has 0 radical (unpaired) electrons. The third-order valence-corrected chi connectivity index (χ3v) is 4.66. The first-order valence-electron chi connectivity index (χ1n) is 7.33. The SMILES string of the molecule is Cc1ccc(NC(=O)[C@H](C)Sc2nc(C)c(C)c(C)n2)cc1F.